The minimum absolute atomic E-state index is 0.263. The Morgan fingerprint density at radius 1 is 1.50 bits per heavy atom. The number of hydrogen-bond acceptors (Lipinski definition) is 3. The van der Waals surface area contributed by atoms with Crippen molar-refractivity contribution in [2.75, 3.05) is 18.0 Å². The maximum absolute atomic E-state index is 8.97. The SMILES string of the molecule is Cc1cc(Br)ccc1N1C(C)CNCC1CC#N. The predicted molar refractivity (Wildman–Crippen MR) is 77.7 cm³/mol. The first-order valence-electron chi connectivity index (χ1n) is 6.25. The van der Waals surface area contributed by atoms with Crippen LogP contribution in [0.3, 0.4) is 0 Å². The second kappa shape index (κ2) is 5.73. The topological polar surface area (TPSA) is 39.1 Å². The molecule has 1 aromatic carbocycles. The summed E-state index contributed by atoms with van der Waals surface area (Å²) in [4.78, 5) is 2.39. The fourth-order valence-corrected chi connectivity index (χ4v) is 3.11. The number of piperazine rings is 1. The van der Waals surface area contributed by atoms with Gasteiger partial charge in [0, 0.05) is 29.3 Å². The Bertz CT molecular complexity index is 467. The average molecular weight is 308 g/mol. The van der Waals surface area contributed by atoms with Crippen LogP contribution in [0.4, 0.5) is 5.69 Å². The molecule has 2 unspecified atom stereocenters. The number of hydrogen-bond donors (Lipinski definition) is 1. The van der Waals surface area contributed by atoms with Crippen molar-refractivity contribution < 1.29 is 0 Å². The van der Waals surface area contributed by atoms with Crippen LogP contribution in [0.2, 0.25) is 0 Å². The van der Waals surface area contributed by atoms with E-state index in [4.69, 9.17) is 5.26 Å². The molecule has 2 rings (SSSR count). The largest absolute Gasteiger partial charge is 0.362 e. The number of nitrogens with zero attached hydrogens (tertiary/aromatic N) is 2. The summed E-state index contributed by atoms with van der Waals surface area (Å²) in [7, 11) is 0. The molecule has 1 aromatic rings. The van der Waals surface area contributed by atoms with Crippen molar-refractivity contribution in [3.8, 4) is 6.07 Å². The molecule has 96 valence electrons. The van der Waals surface area contributed by atoms with E-state index in [-0.39, 0.29) is 6.04 Å². The van der Waals surface area contributed by atoms with Gasteiger partial charge in [0.1, 0.15) is 0 Å². The summed E-state index contributed by atoms with van der Waals surface area (Å²) in [6.45, 7) is 6.18. The van der Waals surface area contributed by atoms with Crippen LogP contribution in [0.25, 0.3) is 0 Å². The highest BCUT2D eigenvalue weighted by Crippen LogP contribution is 2.29. The normalized spacial score (nSPS) is 23.8. The van der Waals surface area contributed by atoms with Gasteiger partial charge in [0.25, 0.3) is 0 Å². The fraction of sp³-hybridized carbons (Fsp3) is 0.500. The van der Waals surface area contributed by atoms with Gasteiger partial charge in [0.15, 0.2) is 0 Å². The lowest BCUT2D eigenvalue weighted by Crippen LogP contribution is -2.56. The summed E-state index contributed by atoms with van der Waals surface area (Å²) in [6, 6.07) is 9.32. The van der Waals surface area contributed by atoms with Crippen molar-refractivity contribution in [1.82, 2.24) is 5.32 Å². The van der Waals surface area contributed by atoms with Gasteiger partial charge in [-0.05, 0) is 37.6 Å². The van der Waals surface area contributed by atoms with Crippen molar-refractivity contribution in [2.45, 2.75) is 32.4 Å². The van der Waals surface area contributed by atoms with Crippen molar-refractivity contribution in [3.63, 3.8) is 0 Å². The molecule has 1 aliphatic rings. The monoisotopic (exact) mass is 307 g/mol. The lowest BCUT2D eigenvalue weighted by Gasteiger charge is -2.42. The third-order valence-electron chi connectivity index (χ3n) is 3.45. The van der Waals surface area contributed by atoms with E-state index in [0.29, 0.717) is 12.5 Å². The molecule has 0 spiro atoms. The standard InChI is InChI=1S/C14H18BrN3/c1-10-7-12(15)3-4-14(10)18-11(2)8-17-9-13(18)5-6-16/h3-4,7,11,13,17H,5,8-9H2,1-2H3. The summed E-state index contributed by atoms with van der Waals surface area (Å²) in [5.41, 5.74) is 2.49. The zero-order chi connectivity index (χ0) is 13.1. The van der Waals surface area contributed by atoms with Gasteiger partial charge in [-0.2, -0.15) is 5.26 Å². The average Bonchev–Trinajstić information content (AvgIpc) is 2.31. The van der Waals surface area contributed by atoms with E-state index in [0.717, 1.165) is 17.6 Å². The third-order valence-corrected chi connectivity index (χ3v) is 3.95. The molecule has 3 nitrogen and oxygen atoms in total. The molecule has 0 bridgehead atoms. The second-order valence-corrected chi connectivity index (χ2v) is 5.78. The summed E-state index contributed by atoms with van der Waals surface area (Å²) in [6.07, 6.45) is 0.562. The summed E-state index contributed by atoms with van der Waals surface area (Å²) >= 11 is 3.50. The molecule has 1 N–H and O–H groups in total. The van der Waals surface area contributed by atoms with Crippen molar-refractivity contribution >= 4 is 21.6 Å². The predicted octanol–water partition coefficient (Wildman–Crippen LogP) is 2.84. The summed E-state index contributed by atoms with van der Waals surface area (Å²) in [5.74, 6) is 0. The van der Waals surface area contributed by atoms with Gasteiger partial charge in [0.05, 0.1) is 18.5 Å². The Kier molecular flexibility index (Phi) is 4.26. The maximum Gasteiger partial charge on any atom is 0.0643 e. The first-order chi connectivity index (χ1) is 8.63. The van der Waals surface area contributed by atoms with Gasteiger partial charge in [-0.25, -0.2) is 0 Å². The molecule has 0 radical (unpaired) electrons. The number of anilines is 1. The van der Waals surface area contributed by atoms with Crippen LogP contribution in [0.1, 0.15) is 18.9 Å². The number of nitrogens with one attached hydrogen (secondary N) is 1. The highest BCUT2D eigenvalue weighted by atomic mass is 79.9. The van der Waals surface area contributed by atoms with Crippen LogP contribution < -0.4 is 10.2 Å². The van der Waals surface area contributed by atoms with Crippen molar-refractivity contribution in [2.24, 2.45) is 0 Å². The number of benzene rings is 1. The molecule has 1 fully saturated rings. The van der Waals surface area contributed by atoms with Crippen LogP contribution in [0.15, 0.2) is 22.7 Å². The smallest absolute Gasteiger partial charge is 0.0643 e. The zero-order valence-electron chi connectivity index (χ0n) is 10.8. The van der Waals surface area contributed by atoms with Crippen LogP contribution in [0.5, 0.6) is 0 Å². The Balaban J connectivity index is 2.34. The molecule has 0 saturated carbocycles. The highest BCUT2D eigenvalue weighted by Gasteiger charge is 2.28. The van der Waals surface area contributed by atoms with E-state index in [2.05, 4.69) is 64.3 Å². The van der Waals surface area contributed by atoms with E-state index in [1.165, 1.54) is 11.3 Å². The Morgan fingerprint density at radius 3 is 2.94 bits per heavy atom. The molecular weight excluding hydrogens is 290 g/mol. The van der Waals surface area contributed by atoms with Crippen LogP contribution in [-0.2, 0) is 0 Å². The first kappa shape index (κ1) is 13.4. The first-order valence-corrected chi connectivity index (χ1v) is 7.05. The van der Waals surface area contributed by atoms with Gasteiger partial charge in [-0.15, -0.1) is 0 Å². The molecule has 0 aliphatic carbocycles. The molecule has 1 aliphatic heterocycles. The maximum atomic E-state index is 8.97. The van der Waals surface area contributed by atoms with E-state index in [1.807, 2.05) is 0 Å². The van der Waals surface area contributed by atoms with Crippen molar-refractivity contribution in [3.05, 3.63) is 28.2 Å². The Morgan fingerprint density at radius 2 is 2.28 bits per heavy atom. The van der Waals surface area contributed by atoms with Crippen LogP contribution in [-0.4, -0.2) is 25.2 Å². The Hall–Kier alpha value is -1.05. The minimum atomic E-state index is 0.263. The van der Waals surface area contributed by atoms with Gasteiger partial charge < -0.3 is 10.2 Å². The molecule has 4 heteroatoms. The summed E-state index contributed by atoms with van der Waals surface area (Å²) < 4.78 is 1.10. The molecule has 1 heterocycles. The minimum Gasteiger partial charge on any atom is -0.362 e. The second-order valence-electron chi connectivity index (χ2n) is 4.86. The molecule has 0 aromatic heterocycles. The van der Waals surface area contributed by atoms with Crippen LogP contribution >= 0.6 is 15.9 Å². The van der Waals surface area contributed by atoms with Gasteiger partial charge in [-0.1, -0.05) is 15.9 Å². The fourth-order valence-electron chi connectivity index (χ4n) is 2.63. The van der Waals surface area contributed by atoms with Crippen LogP contribution in [0, 0.1) is 18.3 Å². The molecule has 18 heavy (non-hydrogen) atoms. The molecular formula is C14H18BrN3. The number of nitriles is 1. The van der Waals surface area contributed by atoms with Gasteiger partial charge in [0.2, 0.25) is 0 Å². The van der Waals surface area contributed by atoms with Gasteiger partial charge in [-0.3, -0.25) is 0 Å². The molecule has 1 saturated heterocycles. The molecule has 0 amide bonds. The van der Waals surface area contributed by atoms with E-state index in [9.17, 15) is 0 Å². The third kappa shape index (κ3) is 2.68. The quantitative estimate of drug-likeness (QED) is 0.913. The summed E-state index contributed by atoms with van der Waals surface area (Å²) in [5, 5.41) is 12.4. The number of halogens is 1. The zero-order valence-corrected chi connectivity index (χ0v) is 12.4. The van der Waals surface area contributed by atoms with Gasteiger partial charge >= 0.3 is 0 Å². The molecule has 2 atom stereocenters. The lowest BCUT2D eigenvalue weighted by atomic mass is 10.0. The Labute approximate surface area is 117 Å². The number of aryl methyl sites for hydroxylation is 1. The van der Waals surface area contributed by atoms with E-state index >= 15 is 0 Å². The van der Waals surface area contributed by atoms with Crippen molar-refractivity contribution in [1.29, 1.82) is 5.26 Å². The highest BCUT2D eigenvalue weighted by molar-refractivity contribution is 9.10. The lowest BCUT2D eigenvalue weighted by molar-refractivity contribution is 0.417. The number of rotatable bonds is 2. The van der Waals surface area contributed by atoms with E-state index < -0.39 is 0 Å². The van der Waals surface area contributed by atoms with E-state index in [1.54, 1.807) is 0 Å².